The van der Waals surface area contributed by atoms with Gasteiger partial charge in [-0.05, 0) is 19.8 Å². The molecule has 0 bridgehead atoms. The summed E-state index contributed by atoms with van der Waals surface area (Å²) in [4.78, 5) is 4.42. The minimum absolute atomic E-state index is 0.112. The van der Waals surface area contributed by atoms with Crippen molar-refractivity contribution in [1.29, 1.82) is 0 Å². The molecule has 1 aliphatic heterocycles. The fourth-order valence-corrected chi connectivity index (χ4v) is 1.91. The third-order valence-electron chi connectivity index (χ3n) is 2.95. The van der Waals surface area contributed by atoms with Crippen molar-refractivity contribution in [2.75, 3.05) is 13.2 Å². The van der Waals surface area contributed by atoms with Crippen LogP contribution < -0.4 is 5.73 Å². The molecule has 1 atom stereocenters. The van der Waals surface area contributed by atoms with Crippen LogP contribution in [0, 0.1) is 0 Å². The predicted molar refractivity (Wildman–Crippen MR) is 65.6 cm³/mol. The van der Waals surface area contributed by atoms with Gasteiger partial charge in [0.05, 0.1) is 12.1 Å². The van der Waals surface area contributed by atoms with Crippen molar-refractivity contribution in [2.45, 2.75) is 25.4 Å². The highest BCUT2D eigenvalue weighted by Gasteiger charge is 2.29. The van der Waals surface area contributed by atoms with Gasteiger partial charge < -0.3 is 10.5 Å². The lowest BCUT2D eigenvalue weighted by Crippen LogP contribution is -2.28. The second-order valence-electron chi connectivity index (χ2n) is 4.47. The van der Waals surface area contributed by atoms with Crippen molar-refractivity contribution < 1.29 is 4.74 Å². The van der Waals surface area contributed by atoms with Crippen LogP contribution in [-0.4, -0.2) is 24.6 Å². The normalized spacial score (nSPS) is 25.9. The Morgan fingerprint density at radius 2 is 2.19 bits per heavy atom. The fourth-order valence-electron chi connectivity index (χ4n) is 1.91. The largest absolute Gasteiger partial charge is 0.384 e. The zero-order valence-corrected chi connectivity index (χ0v) is 9.65. The van der Waals surface area contributed by atoms with Crippen LogP contribution in [0.3, 0.4) is 0 Å². The first-order chi connectivity index (χ1) is 7.70. The minimum Gasteiger partial charge on any atom is -0.384 e. The monoisotopic (exact) mass is 218 g/mol. The van der Waals surface area contributed by atoms with Crippen molar-refractivity contribution in [3.05, 3.63) is 35.9 Å². The first-order valence-electron chi connectivity index (χ1n) is 5.69. The molecular weight excluding hydrogens is 200 g/mol. The van der Waals surface area contributed by atoms with E-state index < -0.39 is 0 Å². The summed E-state index contributed by atoms with van der Waals surface area (Å²) in [6.45, 7) is 3.59. The van der Waals surface area contributed by atoms with E-state index in [4.69, 9.17) is 10.5 Å². The number of rotatable bonds is 3. The summed E-state index contributed by atoms with van der Waals surface area (Å²) in [6, 6.07) is 9.84. The summed E-state index contributed by atoms with van der Waals surface area (Å²) in [5.74, 6) is 0.595. The van der Waals surface area contributed by atoms with E-state index in [2.05, 4.69) is 11.9 Å². The Kier molecular flexibility index (Phi) is 3.25. The lowest BCUT2D eigenvalue weighted by molar-refractivity contribution is 0.0285. The first-order valence-corrected chi connectivity index (χ1v) is 5.69. The molecule has 1 saturated heterocycles. The molecule has 1 aromatic rings. The molecule has 1 heterocycles. The van der Waals surface area contributed by atoms with Crippen molar-refractivity contribution in [1.82, 2.24) is 0 Å². The third kappa shape index (κ3) is 2.61. The smallest absolute Gasteiger partial charge is 0.125 e. The molecule has 0 spiro atoms. The van der Waals surface area contributed by atoms with Gasteiger partial charge in [0.2, 0.25) is 0 Å². The van der Waals surface area contributed by atoms with E-state index in [0.717, 1.165) is 25.0 Å². The summed E-state index contributed by atoms with van der Waals surface area (Å²) in [6.07, 6.45) is 2.19. The molecule has 0 amide bonds. The number of amidine groups is 1. The Balaban J connectivity index is 2.02. The average molecular weight is 218 g/mol. The van der Waals surface area contributed by atoms with E-state index in [9.17, 15) is 0 Å². The highest BCUT2D eigenvalue weighted by atomic mass is 16.5. The van der Waals surface area contributed by atoms with Gasteiger partial charge in [0.25, 0.3) is 0 Å². The number of nitrogens with zero attached hydrogens (tertiary/aromatic N) is 1. The molecule has 1 unspecified atom stereocenters. The quantitative estimate of drug-likeness (QED) is 0.622. The maximum atomic E-state index is 5.93. The Morgan fingerprint density at radius 3 is 2.81 bits per heavy atom. The van der Waals surface area contributed by atoms with Gasteiger partial charge in [0.15, 0.2) is 0 Å². The van der Waals surface area contributed by atoms with Crippen LogP contribution in [0.4, 0.5) is 0 Å². The number of nitrogens with two attached hydrogens (primary N) is 1. The van der Waals surface area contributed by atoms with E-state index in [1.165, 1.54) is 0 Å². The van der Waals surface area contributed by atoms with Crippen LogP contribution in [0.15, 0.2) is 35.3 Å². The Hall–Kier alpha value is -1.35. The lowest BCUT2D eigenvalue weighted by atomic mass is 10.0. The average Bonchev–Trinajstić information content (AvgIpc) is 2.75. The van der Waals surface area contributed by atoms with Gasteiger partial charge in [-0.2, -0.15) is 0 Å². The zero-order chi connectivity index (χ0) is 11.4. The summed E-state index contributed by atoms with van der Waals surface area (Å²) in [5, 5.41) is 0. The molecule has 0 radical (unpaired) electrons. The molecule has 2 rings (SSSR count). The Labute approximate surface area is 96.3 Å². The number of ether oxygens (including phenoxy) is 1. The standard InChI is InChI=1S/C13H18N2O/c1-13(8-5-9-16-13)10-15-12(14)11-6-3-2-4-7-11/h2-4,6-7H,5,8-10H2,1H3,(H2,14,15). The summed E-state index contributed by atoms with van der Waals surface area (Å²) >= 11 is 0. The number of hydrogen-bond donors (Lipinski definition) is 1. The molecule has 86 valence electrons. The molecule has 1 aromatic carbocycles. The lowest BCUT2D eigenvalue weighted by Gasteiger charge is -2.20. The van der Waals surface area contributed by atoms with Crippen LogP contribution >= 0.6 is 0 Å². The molecule has 1 fully saturated rings. The molecule has 3 nitrogen and oxygen atoms in total. The van der Waals surface area contributed by atoms with E-state index in [-0.39, 0.29) is 5.60 Å². The Bertz CT molecular complexity index is 367. The molecule has 1 aliphatic rings. The molecule has 16 heavy (non-hydrogen) atoms. The maximum Gasteiger partial charge on any atom is 0.125 e. The van der Waals surface area contributed by atoms with E-state index >= 15 is 0 Å². The molecule has 0 aromatic heterocycles. The van der Waals surface area contributed by atoms with Gasteiger partial charge >= 0.3 is 0 Å². The number of hydrogen-bond acceptors (Lipinski definition) is 2. The zero-order valence-electron chi connectivity index (χ0n) is 9.65. The SMILES string of the molecule is CC1(CN=C(N)c2ccccc2)CCCO1. The van der Waals surface area contributed by atoms with Gasteiger partial charge in [-0.15, -0.1) is 0 Å². The van der Waals surface area contributed by atoms with Gasteiger partial charge in [0, 0.05) is 12.2 Å². The maximum absolute atomic E-state index is 5.93. The van der Waals surface area contributed by atoms with E-state index in [0.29, 0.717) is 12.4 Å². The summed E-state index contributed by atoms with van der Waals surface area (Å²) < 4.78 is 5.66. The fraction of sp³-hybridized carbons (Fsp3) is 0.462. The molecule has 0 aliphatic carbocycles. The number of aliphatic imine (C=N–C) groups is 1. The van der Waals surface area contributed by atoms with E-state index in [1.807, 2.05) is 30.3 Å². The van der Waals surface area contributed by atoms with Crippen LogP contribution in [-0.2, 0) is 4.74 Å². The van der Waals surface area contributed by atoms with Crippen LogP contribution in [0.25, 0.3) is 0 Å². The van der Waals surface area contributed by atoms with Crippen molar-refractivity contribution >= 4 is 5.84 Å². The van der Waals surface area contributed by atoms with Gasteiger partial charge in [-0.1, -0.05) is 30.3 Å². The van der Waals surface area contributed by atoms with Crippen molar-refractivity contribution in [3.63, 3.8) is 0 Å². The summed E-state index contributed by atoms with van der Waals surface area (Å²) in [7, 11) is 0. The second kappa shape index (κ2) is 4.66. The van der Waals surface area contributed by atoms with Gasteiger partial charge in [0.1, 0.15) is 5.84 Å². The highest BCUT2D eigenvalue weighted by Crippen LogP contribution is 2.25. The van der Waals surface area contributed by atoms with Gasteiger partial charge in [-0.3, -0.25) is 4.99 Å². The molecular formula is C13H18N2O. The highest BCUT2D eigenvalue weighted by molar-refractivity contribution is 5.97. The second-order valence-corrected chi connectivity index (χ2v) is 4.47. The first kappa shape index (κ1) is 11.1. The topological polar surface area (TPSA) is 47.6 Å². The molecule has 3 heteroatoms. The Morgan fingerprint density at radius 1 is 1.44 bits per heavy atom. The van der Waals surface area contributed by atoms with Gasteiger partial charge in [-0.25, -0.2) is 0 Å². The summed E-state index contributed by atoms with van der Waals surface area (Å²) in [5.41, 5.74) is 6.79. The van der Waals surface area contributed by atoms with E-state index in [1.54, 1.807) is 0 Å². The van der Waals surface area contributed by atoms with Crippen LogP contribution in [0.1, 0.15) is 25.3 Å². The van der Waals surface area contributed by atoms with Crippen LogP contribution in [0.2, 0.25) is 0 Å². The third-order valence-corrected chi connectivity index (χ3v) is 2.95. The predicted octanol–water partition coefficient (Wildman–Crippen LogP) is 1.96. The molecule has 0 saturated carbocycles. The number of benzene rings is 1. The molecule has 2 N–H and O–H groups in total. The van der Waals surface area contributed by atoms with Crippen molar-refractivity contribution in [2.24, 2.45) is 10.7 Å². The minimum atomic E-state index is -0.112. The van der Waals surface area contributed by atoms with Crippen LogP contribution in [0.5, 0.6) is 0 Å². The van der Waals surface area contributed by atoms with Crippen molar-refractivity contribution in [3.8, 4) is 0 Å².